The number of ether oxygens (including phenoxy) is 2. The van der Waals surface area contributed by atoms with Crippen LogP contribution in [0.2, 0.25) is 0 Å². The topological polar surface area (TPSA) is 125 Å². The van der Waals surface area contributed by atoms with Crippen molar-refractivity contribution in [3.63, 3.8) is 0 Å². The van der Waals surface area contributed by atoms with Gasteiger partial charge in [-0.25, -0.2) is 4.98 Å². The molecule has 5 rings (SSSR count). The van der Waals surface area contributed by atoms with Crippen molar-refractivity contribution in [3.05, 3.63) is 78.2 Å². The Morgan fingerprint density at radius 1 is 0.949 bits per heavy atom. The van der Waals surface area contributed by atoms with Gasteiger partial charge in [0.05, 0.1) is 26.0 Å². The van der Waals surface area contributed by atoms with E-state index in [1.807, 2.05) is 55.7 Å². The molecular formula is C29H30N6O4. The molecule has 1 saturated heterocycles. The van der Waals surface area contributed by atoms with Gasteiger partial charge in [-0.1, -0.05) is 18.2 Å². The number of carbonyl (C=O) groups excluding carboxylic acids is 2. The first-order valence-corrected chi connectivity index (χ1v) is 12.5. The average molecular weight is 527 g/mol. The highest BCUT2D eigenvalue weighted by Crippen LogP contribution is 2.32. The minimum Gasteiger partial charge on any atom is -0.493 e. The fourth-order valence-corrected chi connectivity index (χ4v) is 4.71. The summed E-state index contributed by atoms with van der Waals surface area (Å²) in [4.78, 5) is 32.2. The number of nitrogens with two attached hydrogens (primary N) is 1. The van der Waals surface area contributed by atoms with Crippen molar-refractivity contribution in [2.75, 3.05) is 33.0 Å². The molecule has 10 heteroatoms. The maximum Gasteiger partial charge on any atom is 0.255 e. The van der Waals surface area contributed by atoms with Gasteiger partial charge in [-0.05, 0) is 47.9 Å². The smallest absolute Gasteiger partial charge is 0.255 e. The molecule has 2 amide bonds. The lowest BCUT2D eigenvalue weighted by Gasteiger charge is -2.18. The summed E-state index contributed by atoms with van der Waals surface area (Å²) in [6.45, 7) is 0.961. The SMILES string of the molecule is COc1ccc(-c2ccc(C(=O)N3CC[C@@H](NC(=O)c4cc(-c5cnn(C)c5)cnc4N)C3)cc2)cc1OC. The summed E-state index contributed by atoms with van der Waals surface area (Å²) in [7, 11) is 5.02. The standard InChI is InChI=1S/C29H30N6O4/c1-34-16-22(15-32-34)21-12-24(27(30)31-14-21)28(36)33-23-10-11-35(17-23)29(37)19-6-4-18(5-7-19)20-8-9-25(38-2)26(13-20)39-3/h4-9,12-16,23H,10-11,17H2,1-3H3,(H2,30,31)(H,33,36)/t23-/m1/s1. The van der Waals surface area contributed by atoms with Crippen LogP contribution in [0, 0.1) is 0 Å². The Morgan fingerprint density at radius 3 is 2.38 bits per heavy atom. The molecule has 0 unspecified atom stereocenters. The van der Waals surface area contributed by atoms with E-state index in [2.05, 4.69) is 15.4 Å². The molecule has 4 aromatic rings. The summed E-state index contributed by atoms with van der Waals surface area (Å²) in [6.07, 6.45) is 5.82. The molecule has 200 valence electrons. The number of nitrogens with one attached hydrogen (secondary N) is 1. The van der Waals surface area contributed by atoms with Gasteiger partial charge in [0.1, 0.15) is 5.82 Å². The summed E-state index contributed by atoms with van der Waals surface area (Å²) >= 11 is 0. The molecule has 2 aromatic heterocycles. The van der Waals surface area contributed by atoms with E-state index in [0.29, 0.717) is 42.1 Å². The molecule has 3 heterocycles. The number of methoxy groups -OCH3 is 2. The number of hydrogen-bond donors (Lipinski definition) is 2. The first-order chi connectivity index (χ1) is 18.9. The largest absolute Gasteiger partial charge is 0.493 e. The number of amides is 2. The number of pyridine rings is 1. The number of likely N-dealkylation sites (tertiary alicyclic amines) is 1. The van der Waals surface area contributed by atoms with Crippen LogP contribution in [0.1, 0.15) is 27.1 Å². The zero-order valence-electron chi connectivity index (χ0n) is 22.0. The van der Waals surface area contributed by atoms with Gasteiger partial charge in [0, 0.05) is 55.3 Å². The van der Waals surface area contributed by atoms with E-state index < -0.39 is 0 Å². The lowest BCUT2D eigenvalue weighted by molar-refractivity contribution is 0.0783. The lowest BCUT2D eigenvalue weighted by atomic mass is 10.0. The molecule has 1 aliphatic heterocycles. The van der Waals surface area contributed by atoms with Crippen molar-refractivity contribution in [2.24, 2.45) is 7.05 Å². The number of nitrogen functional groups attached to an aromatic ring is 1. The van der Waals surface area contributed by atoms with E-state index in [-0.39, 0.29) is 23.7 Å². The molecule has 1 aliphatic rings. The third-order valence-electron chi connectivity index (χ3n) is 6.86. The Balaban J connectivity index is 1.23. The van der Waals surface area contributed by atoms with Crippen LogP contribution in [-0.2, 0) is 7.05 Å². The van der Waals surface area contributed by atoms with Gasteiger partial charge in [-0.15, -0.1) is 0 Å². The van der Waals surface area contributed by atoms with E-state index in [0.717, 1.165) is 22.3 Å². The highest BCUT2D eigenvalue weighted by Gasteiger charge is 2.29. The summed E-state index contributed by atoms with van der Waals surface area (Å²) in [5.41, 5.74) is 10.4. The fourth-order valence-electron chi connectivity index (χ4n) is 4.71. The van der Waals surface area contributed by atoms with Crippen LogP contribution in [-0.4, -0.2) is 64.8 Å². The van der Waals surface area contributed by atoms with E-state index in [1.54, 1.807) is 42.3 Å². The zero-order chi connectivity index (χ0) is 27.5. The maximum absolute atomic E-state index is 13.2. The molecule has 3 N–H and O–H groups in total. The Labute approximate surface area is 226 Å². The normalized spacial score (nSPS) is 14.7. The highest BCUT2D eigenvalue weighted by atomic mass is 16.5. The van der Waals surface area contributed by atoms with Crippen LogP contribution in [0.5, 0.6) is 11.5 Å². The number of aryl methyl sites for hydroxylation is 1. The molecule has 0 radical (unpaired) electrons. The van der Waals surface area contributed by atoms with Gasteiger partial charge in [0.2, 0.25) is 0 Å². The van der Waals surface area contributed by atoms with E-state index >= 15 is 0 Å². The summed E-state index contributed by atoms with van der Waals surface area (Å²) < 4.78 is 12.4. The Bertz CT molecular complexity index is 1510. The molecule has 1 atom stereocenters. The summed E-state index contributed by atoms with van der Waals surface area (Å²) in [5.74, 6) is 1.06. The van der Waals surface area contributed by atoms with Gasteiger partial charge in [-0.3, -0.25) is 14.3 Å². The van der Waals surface area contributed by atoms with Crippen LogP contribution >= 0.6 is 0 Å². The molecule has 10 nitrogen and oxygen atoms in total. The first kappa shape index (κ1) is 25.8. The van der Waals surface area contributed by atoms with E-state index in [1.165, 1.54) is 0 Å². The van der Waals surface area contributed by atoms with Crippen molar-refractivity contribution < 1.29 is 19.1 Å². The number of nitrogens with zero attached hydrogens (tertiary/aromatic N) is 4. The fraction of sp³-hybridized carbons (Fsp3) is 0.241. The van der Waals surface area contributed by atoms with Crippen LogP contribution in [0.25, 0.3) is 22.3 Å². The Hall–Kier alpha value is -4.86. The Morgan fingerprint density at radius 2 is 1.69 bits per heavy atom. The van der Waals surface area contributed by atoms with Gasteiger partial charge in [0.15, 0.2) is 11.5 Å². The molecule has 0 bridgehead atoms. The van der Waals surface area contributed by atoms with E-state index in [9.17, 15) is 9.59 Å². The summed E-state index contributed by atoms with van der Waals surface area (Å²) in [5, 5.41) is 7.18. The van der Waals surface area contributed by atoms with Crippen LogP contribution in [0.3, 0.4) is 0 Å². The highest BCUT2D eigenvalue weighted by molar-refractivity contribution is 6.00. The molecule has 39 heavy (non-hydrogen) atoms. The van der Waals surface area contributed by atoms with Crippen molar-refractivity contribution in [3.8, 4) is 33.8 Å². The second-order valence-corrected chi connectivity index (χ2v) is 9.42. The number of rotatable bonds is 7. The van der Waals surface area contributed by atoms with Gasteiger partial charge in [0.25, 0.3) is 11.8 Å². The van der Waals surface area contributed by atoms with Crippen LogP contribution in [0.4, 0.5) is 5.82 Å². The molecule has 0 saturated carbocycles. The Kier molecular flexibility index (Phi) is 7.18. The average Bonchev–Trinajstić information content (AvgIpc) is 3.61. The molecular weight excluding hydrogens is 496 g/mol. The second-order valence-electron chi connectivity index (χ2n) is 9.42. The number of anilines is 1. The second kappa shape index (κ2) is 10.9. The predicted octanol–water partition coefficient (Wildman–Crippen LogP) is 3.39. The lowest BCUT2D eigenvalue weighted by Crippen LogP contribution is -2.38. The van der Waals surface area contributed by atoms with Crippen molar-refractivity contribution >= 4 is 17.6 Å². The number of hydrogen-bond acceptors (Lipinski definition) is 7. The number of aromatic nitrogens is 3. The quantitative estimate of drug-likeness (QED) is 0.378. The molecule has 1 fully saturated rings. The van der Waals surface area contributed by atoms with Crippen molar-refractivity contribution in [1.82, 2.24) is 25.0 Å². The monoisotopic (exact) mass is 526 g/mol. The third-order valence-corrected chi connectivity index (χ3v) is 6.86. The first-order valence-electron chi connectivity index (χ1n) is 12.5. The van der Waals surface area contributed by atoms with Gasteiger partial charge >= 0.3 is 0 Å². The van der Waals surface area contributed by atoms with Crippen molar-refractivity contribution in [1.29, 1.82) is 0 Å². The number of carbonyl (C=O) groups is 2. The van der Waals surface area contributed by atoms with Gasteiger partial charge < -0.3 is 25.4 Å². The van der Waals surface area contributed by atoms with Crippen molar-refractivity contribution in [2.45, 2.75) is 12.5 Å². The molecule has 0 spiro atoms. The summed E-state index contributed by atoms with van der Waals surface area (Å²) in [6, 6.07) is 14.7. The third kappa shape index (κ3) is 5.40. The minimum absolute atomic E-state index is 0.0784. The van der Waals surface area contributed by atoms with Crippen LogP contribution in [0.15, 0.2) is 67.1 Å². The maximum atomic E-state index is 13.2. The zero-order valence-corrected chi connectivity index (χ0v) is 22.0. The number of benzene rings is 2. The molecule has 0 aliphatic carbocycles. The predicted molar refractivity (Wildman–Crippen MR) is 148 cm³/mol. The minimum atomic E-state index is -0.315. The van der Waals surface area contributed by atoms with E-state index in [4.69, 9.17) is 15.2 Å². The van der Waals surface area contributed by atoms with Gasteiger partial charge in [-0.2, -0.15) is 5.10 Å². The molecule has 2 aromatic carbocycles. The van der Waals surface area contributed by atoms with Crippen LogP contribution < -0.4 is 20.5 Å².